The second kappa shape index (κ2) is 19.3. The maximum atomic E-state index is 3.62. The molecule has 0 saturated heterocycles. The summed E-state index contributed by atoms with van der Waals surface area (Å²) in [7, 11) is 0. The summed E-state index contributed by atoms with van der Waals surface area (Å²) >= 11 is 0. The van der Waals surface area contributed by atoms with E-state index >= 15 is 0 Å². The highest BCUT2D eigenvalue weighted by atomic mass is 14.9. The van der Waals surface area contributed by atoms with Gasteiger partial charge in [0.05, 0.1) is 0 Å². The maximum Gasteiger partial charge on any atom is 0.0384 e. The number of hydrogen-bond donors (Lipinski definition) is 1. The summed E-state index contributed by atoms with van der Waals surface area (Å²) < 4.78 is 0. The predicted octanol–water partition coefficient (Wildman–Crippen LogP) is 16.8. The van der Waals surface area contributed by atoms with Crippen LogP contribution < -0.4 is 5.32 Å². The van der Waals surface area contributed by atoms with Crippen molar-refractivity contribution in [3.05, 3.63) is 324 Å². The van der Waals surface area contributed by atoms with Crippen LogP contribution in [0.25, 0.3) is 44.5 Å². The highest BCUT2D eigenvalue weighted by molar-refractivity contribution is 6.06. The first-order valence-corrected chi connectivity index (χ1v) is 22.2. The summed E-state index contributed by atoms with van der Waals surface area (Å²) in [5.41, 5.74) is 21.1. The highest BCUT2D eigenvalue weighted by Gasteiger charge is 2.18. The molecule has 0 aliphatic heterocycles. The normalized spacial score (nSPS) is 10.8. The lowest BCUT2D eigenvalue weighted by molar-refractivity contribution is 1.49. The molecule has 1 heteroatoms. The Balaban J connectivity index is 0.883. The minimum Gasteiger partial charge on any atom is -0.356 e. The first-order valence-electron chi connectivity index (χ1n) is 22.2. The first-order chi connectivity index (χ1) is 32.2. The van der Waals surface area contributed by atoms with Gasteiger partial charge in [-0.15, -0.1) is 0 Å². The molecule has 0 spiro atoms. The molecule has 10 aromatic carbocycles. The van der Waals surface area contributed by atoms with Crippen LogP contribution in [0.3, 0.4) is 0 Å². The predicted molar refractivity (Wildman–Crippen MR) is 276 cm³/mol. The molecule has 0 aromatic heterocycles. The quantitative estimate of drug-likeness (QED) is 0.121. The minimum atomic E-state index is 1.04. The van der Waals surface area contributed by atoms with Crippen molar-refractivity contribution in [3.63, 3.8) is 0 Å². The number of anilines is 2. The van der Waals surface area contributed by atoms with Gasteiger partial charge in [-0.3, -0.25) is 0 Å². The molecular formula is C64H47N. The average molecular weight is 830 g/mol. The lowest BCUT2D eigenvalue weighted by Gasteiger charge is -2.18. The number of benzene rings is 10. The highest BCUT2D eigenvalue weighted by Crippen LogP contribution is 2.39. The average Bonchev–Trinajstić information content (AvgIpc) is 3.39. The van der Waals surface area contributed by atoms with Gasteiger partial charge < -0.3 is 5.32 Å². The fraction of sp³-hybridized carbons (Fsp3) is 0. The molecule has 1 nitrogen and oxygen atoms in total. The van der Waals surface area contributed by atoms with Gasteiger partial charge in [-0.2, -0.15) is 0 Å². The van der Waals surface area contributed by atoms with E-state index in [0.29, 0.717) is 0 Å². The molecule has 0 atom stereocenters. The fourth-order valence-electron chi connectivity index (χ4n) is 8.77. The Bertz CT molecular complexity index is 2850. The monoisotopic (exact) mass is 829 g/mol. The molecule has 1 N–H and O–H groups in total. The third kappa shape index (κ3) is 9.18. The van der Waals surface area contributed by atoms with Crippen molar-refractivity contribution in [1.82, 2.24) is 0 Å². The van der Waals surface area contributed by atoms with Crippen LogP contribution in [-0.4, -0.2) is 0 Å². The molecule has 10 aromatic rings. The van der Waals surface area contributed by atoms with Gasteiger partial charge in [0.15, 0.2) is 0 Å². The summed E-state index contributed by atoms with van der Waals surface area (Å²) in [4.78, 5) is 0. The van der Waals surface area contributed by atoms with E-state index in [1.807, 2.05) is 0 Å². The van der Waals surface area contributed by atoms with E-state index in [-0.39, 0.29) is 0 Å². The molecule has 0 unspecified atom stereocenters. The SMILES string of the molecule is c1ccc(C(=C(c2ccccc2)c2ccc(-c3ccc(Nc4ccc(-c5ccc(C(=C(c6ccccc6)c6ccccc6)c6ccccc6)cc5)cc4)cc3)cc2)c2ccccc2)cc1. The third-order valence-corrected chi connectivity index (χ3v) is 11.9. The second-order valence-corrected chi connectivity index (χ2v) is 16.1. The molecule has 0 radical (unpaired) electrons. The second-order valence-electron chi connectivity index (χ2n) is 16.1. The smallest absolute Gasteiger partial charge is 0.0384 e. The Morgan fingerprint density at radius 2 is 0.338 bits per heavy atom. The van der Waals surface area contributed by atoms with E-state index in [0.717, 1.165) is 11.4 Å². The Hall–Kier alpha value is -8.52. The summed E-state index contributed by atoms with van der Waals surface area (Å²) in [5, 5.41) is 3.62. The molecule has 0 fully saturated rings. The van der Waals surface area contributed by atoms with Gasteiger partial charge in [0.2, 0.25) is 0 Å². The zero-order valence-electron chi connectivity index (χ0n) is 36.1. The van der Waals surface area contributed by atoms with Crippen LogP contribution in [0.1, 0.15) is 44.5 Å². The van der Waals surface area contributed by atoms with E-state index in [1.165, 1.54) is 89.1 Å². The van der Waals surface area contributed by atoms with Crippen LogP contribution in [0.4, 0.5) is 11.4 Å². The van der Waals surface area contributed by atoms with Crippen LogP contribution in [0.2, 0.25) is 0 Å². The molecule has 10 rings (SSSR count). The zero-order chi connectivity index (χ0) is 43.6. The van der Waals surface area contributed by atoms with Gasteiger partial charge in [-0.25, -0.2) is 0 Å². The molecular weight excluding hydrogens is 783 g/mol. The topological polar surface area (TPSA) is 12.0 Å². The Labute approximate surface area is 383 Å². The molecule has 0 aliphatic carbocycles. The van der Waals surface area contributed by atoms with E-state index in [4.69, 9.17) is 0 Å². The van der Waals surface area contributed by atoms with Crippen molar-refractivity contribution in [2.24, 2.45) is 0 Å². The Morgan fingerprint density at radius 1 is 0.169 bits per heavy atom. The van der Waals surface area contributed by atoms with Crippen LogP contribution in [0.15, 0.2) is 279 Å². The Morgan fingerprint density at radius 3 is 0.538 bits per heavy atom. The van der Waals surface area contributed by atoms with Crippen molar-refractivity contribution >= 4 is 33.7 Å². The summed E-state index contributed by atoms with van der Waals surface area (Å²) in [5.74, 6) is 0. The van der Waals surface area contributed by atoms with Crippen molar-refractivity contribution in [2.45, 2.75) is 0 Å². The largest absolute Gasteiger partial charge is 0.356 e. The van der Waals surface area contributed by atoms with Gasteiger partial charge in [-0.05, 0) is 113 Å². The summed E-state index contributed by atoms with van der Waals surface area (Å²) in [6, 6.07) is 99.8. The summed E-state index contributed by atoms with van der Waals surface area (Å²) in [6.07, 6.45) is 0. The van der Waals surface area contributed by atoms with Gasteiger partial charge in [0, 0.05) is 11.4 Å². The molecule has 0 heterocycles. The number of rotatable bonds is 12. The lowest BCUT2D eigenvalue weighted by atomic mass is 9.85. The number of hydrogen-bond acceptors (Lipinski definition) is 1. The van der Waals surface area contributed by atoms with Crippen LogP contribution in [-0.2, 0) is 0 Å². The number of nitrogens with one attached hydrogen (secondary N) is 1. The van der Waals surface area contributed by atoms with Crippen LogP contribution >= 0.6 is 0 Å². The lowest BCUT2D eigenvalue weighted by Crippen LogP contribution is -1.97. The van der Waals surface area contributed by atoms with E-state index < -0.39 is 0 Å². The van der Waals surface area contributed by atoms with Crippen molar-refractivity contribution < 1.29 is 0 Å². The standard InChI is InChI=1S/C64H47N/c1-7-19-51(20-8-1)61(52-21-9-2-10-22-52)63(55-27-15-5-16-28-55)57-35-31-47(32-36-57)49-39-43-59(44-40-49)65-60-45-41-50(42-46-60)48-33-37-58(38-34-48)64(56-29-17-6-18-30-56)62(53-23-11-3-12-24-53)54-25-13-4-14-26-54/h1-46,65H. The van der Waals surface area contributed by atoms with Gasteiger partial charge in [0.25, 0.3) is 0 Å². The molecule has 308 valence electrons. The zero-order valence-corrected chi connectivity index (χ0v) is 36.1. The van der Waals surface area contributed by atoms with Gasteiger partial charge in [-0.1, -0.05) is 255 Å². The van der Waals surface area contributed by atoms with Gasteiger partial charge in [0.1, 0.15) is 0 Å². The van der Waals surface area contributed by atoms with Crippen molar-refractivity contribution in [1.29, 1.82) is 0 Å². The Kier molecular flexibility index (Phi) is 12.0. The van der Waals surface area contributed by atoms with Crippen molar-refractivity contribution in [3.8, 4) is 22.3 Å². The van der Waals surface area contributed by atoms with E-state index in [9.17, 15) is 0 Å². The molecule has 0 amide bonds. The van der Waals surface area contributed by atoms with E-state index in [2.05, 4.69) is 284 Å². The molecule has 65 heavy (non-hydrogen) atoms. The third-order valence-electron chi connectivity index (χ3n) is 11.9. The molecule has 0 saturated carbocycles. The fourth-order valence-corrected chi connectivity index (χ4v) is 8.77. The van der Waals surface area contributed by atoms with Crippen molar-refractivity contribution in [2.75, 3.05) is 5.32 Å². The van der Waals surface area contributed by atoms with Crippen LogP contribution in [0, 0.1) is 0 Å². The molecule has 0 aliphatic rings. The first kappa shape index (κ1) is 40.5. The van der Waals surface area contributed by atoms with E-state index in [1.54, 1.807) is 0 Å². The van der Waals surface area contributed by atoms with Gasteiger partial charge >= 0.3 is 0 Å². The minimum absolute atomic E-state index is 1.04. The summed E-state index contributed by atoms with van der Waals surface area (Å²) in [6.45, 7) is 0. The molecule has 0 bridgehead atoms. The maximum absolute atomic E-state index is 3.62. The van der Waals surface area contributed by atoms with Crippen LogP contribution in [0.5, 0.6) is 0 Å².